The lowest BCUT2D eigenvalue weighted by Crippen LogP contribution is -2.63. The van der Waals surface area contributed by atoms with E-state index in [1.165, 1.54) is 0 Å². The molecule has 4 rings (SSSR count). The Bertz CT molecular complexity index is 868. The van der Waals surface area contributed by atoms with Crippen molar-refractivity contribution in [2.24, 2.45) is 17.6 Å². The number of nitrogens with two attached hydrogens (primary N) is 1. The van der Waals surface area contributed by atoms with Gasteiger partial charge in [-0.3, -0.25) is 9.59 Å². The molecule has 0 radical (unpaired) electrons. The van der Waals surface area contributed by atoms with Crippen LogP contribution in [0.2, 0.25) is 0 Å². The second-order valence-corrected chi connectivity index (χ2v) is 10.4. The zero-order chi connectivity index (χ0) is 23.2. The normalized spacial score (nSPS) is 30.3. The topological polar surface area (TPSA) is 93.9 Å². The predicted molar refractivity (Wildman–Crippen MR) is 122 cm³/mol. The van der Waals surface area contributed by atoms with Crippen LogP contribution in [-0.2, 0) is 14.3 Å². The van der Waals surface area contributed by atoms with Crippen LogP contribution in [0.4, 0.5) is 0 Å². The van der Waals surface area contributed by atoms with Gasteiger partial charge in [-0.1, -0.05) is 32.0 Å². The molecule has 3 heterocycles. The van der Waals surface area contributed by atoms with Crippen molar-refractivity contribution in [2.45, 2.75) is 89.8 Å². The minimum Gasteiger partial charge on any atom is -0.487 e. The number of carbonyl (C=O) groups is 2. The number of amides is 2. The highest BCUT2D eigenvalue weighted by Crippen LogP contribution is 2.52. The van der Waals surface area contributed by atoms with Crippen LogP contribution in [0.15, 0.2) is 24.3 Å². The van der Waals surface area contributed by atoms with Gasteiger partial charge < -0.3 is 25.4 Å². The van der Waals surface area contributed by atoms with E-state index >= 15 is 0 Å². The van der Waals surface area contributed by atoms with Crippen molar-refractivity contribution >= 4 is 11.8 Å². The number of likely N-dealkylation sites (tertiary alicyclic amines) is 1. The summed E-state index contributed by atoms with van der Waals surface area (Å²) in [5.41, 5.74) is 6.43. The molecule has 0 unspecified atom stereocenters. The molecule has 0 saturated carbocycles. The van der Waals surface area contributed by atoms with Crippen molar-refractivity contribution in [1.82, 2.24) is 10.2 Å². The number of rotatable bonds is 4. The predicted octanol–water partition coefficient (Wildman–Crippen LogP) is 2.78. The van der Waals surface area contributed by atoms with Crippen LogP contribution < -0.4 is 15.8 Å². The SMILES string of the molecule is CC(C)[C@H](NC(=O)[C@H](C)N)C(=O)N1CCC[C@H]2O[C@H]3c4ccccc4OC(C)(C)[C@@H]3C[C@H]21. The van der Waals surface area contributed by atoms with E-state index in [4.69, 9.17) is 15.2 Å². The summed E-state index contributed by atoms with van der Waals surface area (Å²) in [4.78, 5) is 27.9. The molecule has 3 aliphatic heterocycles. The maximum absolute atomic E-state index is 13.7. The maximum atomic E-state index is 13.7. The van der Waals surface area contributed by atoms with E-state index in [1.807, 2.05) is 36.9 Å². The Balaban J connectivity index is 1.59. The van der Waals surface area contributed by atoms with E-state index in [0.29, 0.717) is 6.54 Å². The maximum Gasteiger partial charge on any atom is 0.245 e. The van der Waals surface area contributed by atoms with Gasteiger partial charge in [-0.2, -0.15) is 0 Å². The van der Waals surface area contributed by atoms with Gasteiger partial charge in [0, 0.05) is 18.0 Å². The Morgan fingerprint density at radius 3 is 2.62 bits per heavy atom. The van der Waals surface area contributed by atoms with Gasteiger partial charge in [0.2, 0.25) is 11.8 Å². The van der Waals surface area contributed by atoms with Gasteiger partial charge in [0.15, 0.2) is 0 Å². The van der Waals surface area contributed by atoms with E-state index in [1.54, 1.807) is 6.92 Å². The third-order valence-corrected chi connectivity index (χ3v) is 7.32. The fourth-order valence-corrected chi connectivity index (χ4v) is 5.48. The van der Waals surface area contributed by atoms with E-state index in [0.717, 1.165) is 30.6 Å². The summed E-state index contributed by atoms with van der Waals surface area (Å²) in [5, 5.41) is 2.87. The molecule has 2 fully saturated rings. The van der Waals surface area contributed by atoms with Crippen LogP contribution >= 0.6 is 0 Å². The molecule has 0 aliphatic carbocycles. The first kappa shape index (κ1) is 23.1. The van der Waals surface area contributed by atoms with Gasteiger partial charge >= 0.3 is 0 Å². The minimum absolute atomic E-state index is 0.0205. The molecular formula is C25H37N3O4. The van der Waals surface area contributed by atoms with Crippen molar-refractivity contribution in [3.8, 4) is 5.75 Å². The summed E-state index contributed by atoms with van der Waals surface area (Å²) in [7, 11) is 0. The molecule has 3 N–H and O–H groups in total. The van der Waals surface area contributed by atoms with Gasteiger partial charge in [0.1, 0.15) is 17.4 Å². The number of ether oxygens (including phenoxy) is 2. The summed E-state index contributed by atoms with van der Waals surface area (Å²) in [6.07, 6.45) is 2.57. The van der Waals surface area contributed by atoms with Gasteiger partial charge in [-0.05, 0) is 52.0 Å². The molecule has 176 valence electrons. The molecule has 6 atom stereocenters. The van der Waals surface area contributed by atoms with Crippen LogP contribution in [0.3, 0.4) is 0 Å². The Morgan fingerprint density at radius 1 is 1.22 bits per heavy atom. The Hall–Kier alpha value is -2.12. The van der Waals surface area contributed by atoms with Crippen molar-refractivity contribution < 1.29 is 19.1 Å². The van der Waals surface area contributed by atoms with Crippen LogP contribution in [0.5, 0.6) is 5.75 Å². The summed E-state index contributed by atoms with van der Waals surface area (Å²) >= 11 is 0. The Morgan fingerprint density at radius 2 is 1.94 bits per heavy atom. The molecule has 1 aromatic carbocycles. The van der Waals surface area contributed by atoms with Gasteiger partial charge in [-0.15, -0.1) is 0 Å². The highest BCUT2D eigenvalue weighted by molar-refractivity contribution is 5.90. The minimum atomic E-state index is -0.655. The zero-order valence-electron chi connectivity index (χ0n) is 19.8. The Kier molecular flexibility index (Phi) is 6.25. The fourth-order valence-electron chi connectivity index (χ4n) is 5.48. The van der Waals surface area contributed by atoms with Gasteiger partial charge in [-0.25, -0.2) is 0 Å². The van der Waals surface area contributed by atoms with Crippen molar-refractivity contribution in [2.75, 3.05) is 6.54 Å². The number of carbonyl (C=O) groups excluding carboxylic acids is 2. The third-order valence-electron chi connectivity index (χ3n) is 7.32. The molecule has 2 amide bonds. The van der Waals surface area contributed by atoms with E-state index in [2.05, 4.69) is 25.2 Å². The first-order valence-corrected chi connectivity index (χ1v) is 11.9. The molecule has 1 aromatic rings. The van der Waals surface area contributed by atoms with Crippen LogP contribution in [0, 0.1) is 11.8 Å². The highest BCUT2D eigenvalue weighted by atomic mass is 16.5. The molecule has 0 aromatic heterocycles. The number of para-hydroxylation sites is 1. The highest BCUT2D eigenvalue weighted by Gasteiger charge is 2.53. The summed E-state index contributed by atoms with van der Waals surface area (Å²) in [5.74, 6) is 0.636. The van der Waals surface area contributed by atoms with Crippen molar-refractivity contribution in [3.63, 3.8) is 0 Å². The summed E-state index contributed by atoms with van der Waals surface area (Å²) in [6, 6.07) is 6.83. The monoisotopic (exact) mass is 443 g/mol. The fraction of sp³-hybridized carbons (Fsp3) is 0.680. The number of hydrogen-bond acceptors (Lipinski definition) is 5. The molecular weight excluding hydrogens is 406 g/mol. The summed E-state index contributed by atoms with van der Waals surface area (Å²) < 4.78 is 13.1. The molecule has 7 nitrogen and oxygen atoms in total. The molecule has 0 bridgehead atoms. The second kappa shape index (κ2) is 8.67. The average Bonchev–Trinajstić information content (AvgIpc) is 2.74. The number of fused-ring (bicyclic) bond motifs is 4. The van der Waals surface area contributed by atoms with E-state index < -0.39 is 17.7 Å². The lowest BCUT2D eigenvalue weighted by molar-refractivity contribution is -0.194. The van der Waals surface area contributed by atoms with Gasteiger partial charge in [0.25, 0.3) is 0 Å². The third kappa shape index (κ3) is 4.13. The Labute approximate surface area is 191 Å². The first-order valence-electron chi connectivity index (χ1n) is 11.9. The van der Waals surface area contributed by atoms with Crippen LogP contribution in [0.1, 0.15) is 65.5 Å². The number of hydrogen-bond donors (Lipinski definition) is 2. The average molecular weight is 444 g/mol. The lowest BCUT2D eigenvalue weighted by atomic mass is 9.72. The molecule has 0 spiro atoms. The first-order chi connectivity index (χ1) is 15.1. The zero-order valence-corrected chi connectivity index (χ0v) is 19.8. The molecule has 3 aliphatic rings. The second-order valence-electron chi connectivity index (χ2n) is 10.4. The van der Waals surface area contributed by atoms with Crippen molar-refractivity contribution in [1.29, 1.82) is 0 Å². The number of piperidine rings is 1. The van der Waals surface area contributed by atoms with Gasteiger partial charge in [0.05, 0.1) is 24.3 Å². The molecule has 32 heavy (non-hydrogen) atoms. The molecule has 2 saturated heterocycles. The standard InChI is InChI=1S/C25H37N3O4/c1-14(2)21(27-23(29)15(3)26)24(30)28-12-8-11-20-18(28)13-17-22(31-20)16-9-6-7-10-19(16)32-25(17,4)5/h6-7,9-10,14-15,17-18,20-22H,8,11-13,26H2,1-5H3,(H,27,29)/t15-,17+,18+,20+,21-,22-/m0/s1. The quantitative estimate of drug-likeness (QED) is 0.746. The number of nitrogens with zero attached hydrogens (tertiary/aromatic N) is 1. The summed E-state index contributed by atoms with van der Waals surface area (Å²) in [6.45, 7) is 10.4. The van der Waals surface area contributed by atoms with E-state index in [9.17, 15) is 9.59 Å². The van der Waals surface area contributed by atoms with E-state index in [-0.39, 0.29) is 41.9 Å². The number of benzene rings is 1. The molecule has 7 heteroatoms. The van der Waals surface area contributed by atoms with Crippen LogP contribution in [-0.4, -0.2) is 53.1 Å². The van der Waals surface area contributed by atoms with Crippen molar-refractivity contribution in [3.05, 3.63) is 29.8 Å². The number of nitrogens with one attached hydrogen (secondary N) is 1. The lowest BCUT2D eigenvalue weighted by Gasteiger charge is -2.54. The largest absolute Gasteiger partial charge is 0.487 e. The van der Waals surface area contributed by atoms with Crippen LogP contribution in [0.25, 0.3) is 0 Å². The smallest absolute Gasteiger partial charge is 0.245 e.